The van der Waals surface area contributed by atoms with Crippen molar-refractivity contribution in [1.82, 2.24) is 14.0 Å². The Morgan fingerprint density at radius 2 is 1.62 bits per heavy atom. The lowest BCUT2D eigenvalue weighted by atomic mass is 10.0. The zero-order valence-corrected chi connectivity index (χ0v) is 17.5. The summed E-state index contributed by atoms with van der Waals surface area (Å²) < 4.78 is 8.86. The van der Waals surface area contributed by atoms with Gasteiger partial charge in [0.1, 0.15) is 19.8 Å². The van der Waals surface area contributed by atoms with Gasteiger partial charge < -0.3 is 4.57 Å². The Bertz CT molecular complexity index is 1400. The van der Waals surface area contributed by atoms with Crippen LogP contribution in [-0.4, -0.2) is 14.0 Å². The molecule has 0 bridgehead atoms. The Labute approximate surface area is 170 Å². The highest BCUT2D eigenvalue weighted by Crippen LogP contribution is 2.28. The van der Waals surface area contributed by atoms with E-state index in [0.717, 1.165) is 22.5 Å². The van der Waals surface area contributed by atoms with Crippen molar-refractivity contribution in [3.05, 3.63) is 72.1 Å². The van der Waals surface area contributed by atoms with E-state index in [1.165, 1.54) is 28.2 Å². The summed E-state index contributed by atoms with van der Waals surface area (Å²) in [4.78, 5) is 4.85. The van der Waals surface area contributed by atoms with Gasteiger partial charge in [-0.05, 0) is 38.1 Å². The molecule has 0 unspecified atom stereocenters. The maximum absolute atomic E-state index is 4.85. The van der Waals surface area contributed by atoms with Gasteiger partial charge in [-0.25, -0.2) is 4.98 Å². The fourth-order valence-electron chi connectivity index (χ4n) is 4.55. The molecule has 0 amide bonds. The number of para-hydroxylation sites is 2. The summed E-state index contributed by atoms with van der Waals surface area (Å²) in [6, 6.07) is 16.9. The summed E-state index contributed by atoms with van der Waals surface area (Å²) in [5.41, 5.74) is 9.43. The van der Waals surface area contributed by atoms with Crippen molar-refractivity contribution in [3.63, 3.8) is 0 Å². The lowest BCUT2D eigenvalue weighted by Gasteiger charge is -2.10. The van der Waals surface area contributed by atoms with E-state index in [1.54, 1.807) is 0 Å². The van der Waals surface area contributed by atoms with Gasteiger partial charge in [-0.15, -0.1) is 0 Å². The minimum atomic E-state index is 0.952. The number of aromatic nitrogens is 5. The van der Waals surface area contributed by atoms with E-state index >= 15 is 0 Å². The smallest absolute Gasteiger partial charge is 0.280 e. The Hall–Kier alpha value is -3.47. The van der Waals surface area contributed by atoms with Crippen molar-refractivity contribution in [2.75, 3.05) is 0 Å². The number of aryl methyl sites for hydroxylation is 4. The number of rotatable bonds is 2. The molecule has 0 atom stereocenters. The first-order chi connectivity index (χ1) is 14.0. The predicted molar refractivity (Wildman–Crippen MR) is 114 cm³/mol. The lowest BCUT2D eigenvalue weighted by Crippen LogP contribution is -2.41. The van der Waals surface area contributed by atoms with Crippen LogP contribution >= 0.6 is 0 Å². The molecule has 0 saturated heterocycles. The molecule has 5 rings (SSSR count). The van der Waals surface area contributed by atoms with Crippen LogP contribution in [-0.2, 0) is 21.1 Å². The van der Waals surface area contributed by atoms with Gasteiger partial charge in [-0.1, -0.05) is 12.1 Å². The van der Waals surface area contributed by atoms with Crippen LogP contribution < -0.4 is 9.13 Å². The maximum Gasteiger partial charge on any atom is 0.280 e. The number of imidazole rings is 2. The van der Waals surface area contributed by atoms with Crippen molar-refractivity contribution in [2.45, 2.75) is 13.8 Å². The monoisotopic (exact) mass is 383 g/mol. The number of pyridine rings is 2. The third-order valence-electron chi connectivity index (χ3n) is 5.88. The number of nitrogens with zero attached hydrogens (tertiary/aromatic N) is 5. The molecule has 0 aliphatic carbocycles. The molecule has 0 aliphatic heterocycles. The molecule has 5 heteroatoms. The zero-order chi connectivity index (χ0) is 20.3. The van der Waals surface area contributed by atoms with Gasteiger partial charge in [-0.2, -0.15) is 9.13 Å². The highest BCUT2D eigenvalue weighted by atomic mass is 15.2. The first kappa shape index (κ1) is 17.6. The largest absolute Gasteiger partial charge is 0.308 e. The van der Waals surface area contributed by atoms with Crippen LogP contribution in [0, 0.1) is 13.8 Å². The predicted octanol–water partition coefficient (Wildman–Crippen LogP) is 3.43. The van der Waals surface area contributed by atoms with Crippen LogP contribution in [0.3, 0.4) is 0 Å². The second-order valence-corrected chi connectivity index (χ2v) is 7.81. The zero-order valence-electron chi connectivity index (χ0n) is 17.5. The van der Waals surface area contributed by atoms with Gasteiger partial charge in [-0.3, -0.25) is 4.40 Å². The fourth-order valence-corrected chi connectivity index (χ4v) is 4.55. The molecule has 0 aliphatic rings. The van der Waals surface area contributed by atoms with E-state index < -0.39 is 0 Å². The topological polar surface area (TPSA) is 30.0 Å². The van der Waals surface area contributed by atoms with Gasteiger partial charge in [0.05, 0.1) is 11.0 Å². The molecule has 4 aromatic heterocycles. The molecule has 0 radical (unpaired) electrons. The first-order valence-corrected chi connectivity index (χ1v) is 9.85. The van der Waals surface area contributed by atoms with E-state index in [9.17, 15) is 0 Å². The highest BCUT2D eigenvalue weighted by Gasteiger charge is 2.29. The molecule has 144 valence electrons. The molecular formula is C24H25N5+2. The molecular weight excluding hydrogens is 358 g/mol. The van der Waals surface area contributed by atoms with Crippen molar-refractivity contribution in [3.8, 4) is 22.8 Å². The van der Waals surface area contributed by atoms with E-state index in [0.29, 0.717) is 0 Å². The van der Waals surface area contributed by atoms with Gasteiger partial charge >= 0.3 is 0 Å². The molecule has 5 aromatic rings. The van der Waals surface area contributed by atoms with Crippen LogP contribution in [0.4, 0.5) is 0 Å². The fraction of sp³-hybridized carbons (Fsp3) is 0.208. The number of fused-ring (bicyclic) bond motifs is 3. The molecule has 4 heterocycles. The maximum atomic E-state index is 4.85. The van der Waals surface area contributed by atoms with Crippen molar-refractivity contribution < 1.29 is 9.13 Å². The second-order valence-electron chi connectivity index (χ2n) is 7.81. The van der Waals surface area contributed by atoms with Crippen molar-refractivity contribution in [1.29, 1.82) is 0 Å². The third kappa shape index (κ3) is 2.50. The number of benzene rings is 1. The van der Waals surface area contributed by atoms with Crippen LogP contribution in [0.15, 0.2) is 60.9 Å². The third-order valence-corrected chi connectivity index (χ3v) is 5.88. The summed E-state index contributed by atoms with van der Waals surface area (Å²) in [7, 11) is 6.35. The van der Waals surface area contributed by atoms with Gasteiger partial charge in [0.2, 0.25) is 11.5 Å². The lowest BCUT2D eigenvalue weighted by molar-refractivity contribution is -0.685. The van der Waals surface area contributed by atoms with Gasteiger partial charge in [0, 0.05) is 36.5 Å². The Balaban J connectivity index is 1.82. The summed E-state index contributed by atoms with van der Waals surface area (Å²) in [6.07, 6.45) is 4.30. The first-order valence-electron chi connectivity index (χ1n) is 9.85. The van der Waals surface area contributed by atoms with E-state index in [1.807, 2.05) is 6.07 Å². The SMILES string of the molecule is Cc1cc(C)c(-c2cccc[n+]2C)[n+](C)c1-c1cn2c3ccccc3nc2n1C. The summed E-state index contributed by atoms with van der Waals surface area (Å²) in [5, 5.41) is 0. The molecule has 0 fully saturated rings. The van der Waals surface area contributed by atoms with Gasteiger partial charge in [0.25, 0.3) is 11.4 Å². The normalized spacial score (nSPS) is 11.6. The average Bonchev–Trinajstić information content (AvgIpc) is 3.20. The van der Waals surface area contributed by atoms with E-state index in [2.05, 4.69) is 108 Å². The summed E-state index contributed by atoms with van der Waals surface area (Å²) >= 11 is 0. The summed E-state index contributed by atoms with van der Waals surface area (Å²) in [6.45, 7) is 4.37. The Morgan fingerprint density at radius 1 is 0.897 bits per heavy atom. The Kier molecular flexibility index (Phi) is 3.81. The molecule has 0 spiro atoms. The number of hydrogen-bond donors (Lipinski definition) is 0. The molecule has 0 N–H and O–H groups in total. The average molecular weight is 383 g/mol. The van der Waals surface area contributed by atoms with Gasteiger partial charge in [0.15, 0.2) is 6.20 Å². The van der Waals surface area contributed by atoms with Crippen molar-refractivity contribution in [2.24, 2.45) is 21.1 Å². The van der Waals surface area contributed by atoms with Crippen LogP contribution in [0.5, 0.6) is 0 Å². The molecule has 5 nitrogen and oxygen atoms in total. The molecule has 1 aromatic carbocycles. The molecule has 0 saturated carbocycles. The molecule has 29 heavy (non-hydrogen) atoms. The minimum absolute atomic E-state index is 0.952. The highest BCUT2D eigenvalue weighted by molar-refractivity contribution is 5.81. The van der Waals surface area contributed by atoms with Crippen LogP contribution in [0.1, 0.15) is 11.1 Å². The van der Waals surface area contributed by atoms with Crippen LogP contribution in [0.25, 0.3) is 39.6 Å². The summed E-state index contributed by atoms with van der Waals surface area (Å²) in [5.74, 6) is 0.952. The quantitative estimate of drug-likeness (QED) is 0.430. The minimum Gasteiger partial charge on any atom is -0.308 e. The standard InChI is InChI=1S/C24H25N5/c1-16-14-17(2)23(28(5)22(16)20-12-8-9-13-26(20)3)21-15-29-19-11-7-6-10-18(19)25-24(29)27(21)4/h6-15H,1-5H3/q+2. The number of hydrogen-bond acceptors (Lipinski definition) is 1. The van der Waals surface area contributed by atoms with Crippen LogP contribution in [0.2, 0.25) is 0 Å². The van der Waals surface area contributed by atoms with E-state index in [4.69, 9.17) is 4.98 Å². The van der Waals surface area contributed by atoms with E-state index in [-0.39, 0.29) is 0 Å². The Morgan fingerprint density at radius 3 is 2.41 bits per heavy atom. The second kappa shape index (κ2) is 6.27. The van der Waals surface area contributed by atoms with Crippen molar-refractivity contribution >= 4 is 16.8 Å².